The molecular weight excluding hydrogens is 478 g/mol. The summed E-state index contributed by atoms with van der Waals surface area (Å²) in [6, 6.07) is 28.6. The van der Waals surface area contributed by atoms with Crippen LogP contribution in [0.1, 0.15) is 12.5 Å². The van der Waals surface area contributed by atoms with Crippen molar-refractivity contribution < 1.29 is 9.53 Å². The molecule has 1 N–H and O–H groups in total. The molecule has 0 saturated heterocycles. The van der Waals surface area contributed by atoms with Crippen LogP contribution in [0.2, 0.25) is 5.02 Å². The van der Waals surface area contributed by atoms with Crippen LogP contribution in [0.15, 0.2) is 90.0 Å². The third-order valence-electron chi connectivity index (χ3n) is 5.13. The van der Waals surface area contributed by atoms with Gasteiger partial charge in [-0.2, -0.15) is 5.26 Å². The van der Waals surface area contributed by atoms with Gasteiger partial charge < -0.3 is 10.1 Å². The van der Waals surface area contributed by atoms with Gasteiger partial charge in [0.25, 0.3) is 0 Å². The van der Waals surface area contributed by atoms with Crippen molar-refractivity contribution in [3.05, 3.63) is 95.5 Å². The Morgan fingerprint density at radius 3 is 2.43 bits per heavy atom. The number of ether oxygens (including phenoxy) is 1. The Morgan fingerprint density at radius 1 is 1.03 bits per heavy atom. The third kappa shape index (κ3) is 6.02. The average molecular weight is 500 g/mol. The van der Waals surface area contributed by atoms with Crippen molar-refractivity contribution >= 4 is 35.0 Å². The highest BCUT2D eigenvalue weighted by molar-refractivity contribution is 8.00. The first kappa shape index (κ1) is 24.3. The van der Waals surface area contributed by atoms with Gasteiger partial charge in [-0.25, -0.2) is 4.98 Å². The minimum absolute atomic E-state index is 0.0772. The summed E-state index contributed by atoms with van der Waals surface area (Å²) in [4.78, 5) is 17.4. The number of nitrogens with zero attached hydrogens (tertiary/aromatic N) is 2. The van der Waals surface area contributed by atoms with Crippen LogP contribution < -0.4 is 10.1 Å². The van der Waals surface area contributed by atoms with Crippen LogP contribution in [0.25, 0.3) is 22.4 Å². The van der Waals surface area contributed by atoms with Crippen LogP contribution in [0.5, 0.6) is 5.75 Å². The monoisotopic (exact) mass is 499 g/mol. The van der Waals surface area contributed by atoms with Crippen LogP contribution in [-0.4, -0.2) is 23.3 Å². The van der Waals surface area contributed by atoms with E-state index in [0.717, 1.165) is 22.4 Å². The number of rotatable bonds is 8. The SMILES string of the molecule is CCOc1ccc(-c2cc(-c3ccccc3)c(C#N)c(SCC(=O)Nc3ccccc3Cl)n2)cc1. The van der Waals surface area contributed by atoms with Crippen LogP contribution in [0.3, 0.4) is 0 Å². The van der Waals surface area contributed by atoms with Crippen LogP contribution in [0.4, 0.5) is 5.69 Å². The Morgan fingerprint density at radius 2 is 1.74 bits per heavy atom. The summed E-state index contributed by atoms with van der Waals surface area (Å²) in [5.41, 5.74) is 4.24. The first-order chi connectivity index (χ1) is 17.1. The van der Waals surface area contributed by atoms with Gasteiger partial charge in [-0.15, -0.1) is 0 Å². The number of nitriles is 1. The largest absolute Gasteiger partial charge is 0.494 e. The zero-order chi connectivity index (χ0) is 24.6. The smallest absolute Gasteiger partial charge is 0.234 e. The van der Waals surface area contributed by atoms with Crippen LogP contribution >= 0.6 is 23.4 Å². The van der Waals surface area contributed by atoms with Gasteiger partial charge in [0.15, 0.2) is 0 Å². The Kier molecular flexibility index (Phi) is 8.04. The topological polar surface area (TPSA) is 75.0 Å². The second-order valence-electron chi connectivity index (χ2n) is 7.49. The maximum absolute atomic E-state index is 12.6. The number of halogens is 1. The number of aromatic nitrogens is 1. The number of carbonyl (C=O) groups excluding carboxylic acids is 1. The molecule has 0 unspecified atom stereocenters. The van der Waals surface area contributed by atoms with Gasteiger partial charge in [-0.05, 0) is 55.0 Å². The number of benzene rings is 3. The molecule has 0 aliphatic carbocycles. The van der Waals surface area contributed by atoms with Crippen molar-refractivity contribution in [3.63, 3.8) is 0 Å². The van der Waals surface area contributed by atoms with E-state index in [1.54, 1.807) is 24.3 Å². The van der Waals surface area contributed by atoms with Gasteiger partial charge in [-0.1, -0.05) is 65.8 Å². The molecule has 0 spiro atoms. The fraction of sp³-hybridized carbons (Fsp3) is 0.107. The molecule has 1 aromatic heterocycles. The van der Waals surface area contributed by atoms with E-state index in [1.807, 2.05) is 67.6 Å². The fourth-order valence-electron chi connectivity index (χ4n) is 3.50. The molecule has 174 valence electrons. The van der Waals surface area contributed by atoms with E-state index in [-0.39, 0.29) is 11.7 Å². The quantitative estimate of drug-likeness (QED) is 0.262. The molecule has 0 radical (unpaired) electrons. The molecule has 0 bridgehead atoms. The summed E-state index contributed by atoms with van der Waals surface area (Å²) in [6.45, 7) is 2.53. The number of para-hydroxylation sites is 1. The van der Waals surface area contributed by atoms with Crippen molar-refractivity contribution in [1.29, 1.82) is 5.26 Å². The summed E-state index contributed by atoms with van der Waals surface area (Å²) >= 11 is 7.38. The summed E-state index contributed by atoms with van der Waals surface area (Å²) in [7, 11) is 0. The second-order valence-corrected chi connectivity index (χ2v) is 8.86. The summed E-state index contributed by atoms with van der Waals surface area (Å²) in [5.74, 6) is 0.619. The maximum atomic E-state index is 12.6. The summed E-state index contributed by atoms with van der Waals surface area (Å²) in [5, 5.41) is 13.8. The average Bonchev–Trinajstić information content (AvgIpc) is 2.89. The highest BCUT2D eigenvalue weighted by Crippen LogP contribution is 2.34. The van der Waals surface area contributed by atoms with E-state index in [0.29, 0.717) is 33.6 Å². The maximum Gasteiger partial charge on any atom is 0.234 e. The van der Waals surface area contributed by atoms with Gasteiger partial charge >= 0.3 is 0 Å². The van der Waals surface area contributed by atoms with Gasteiger partial charge in [0.05, 0.1) is 34.3 Å². The molecule has 0 aliphatic heterocycles. The first-order valence-electron chi connectivity index (χ1n) is 11.0. The molecule has 7 heteroatoms. The molecule has 3 aromatic carbocycles. The van der Waals surface area contributed by atoms with E-state index in [9.17, 15) is 10.1 Å². The molecular formula is C28H22ClN3O2S. The number of thioether (sulfide) groups is 1. The standard InChI is InChI=1S/C28H22ClN3O2S/c1-2-34-21-14-12-20(13-15-21)26-16-22(19-8-4-3-5-9-19)23(17-30)28(32-26)35-18-27(33)31-25-11-7-6-10-24(25)29/h3-16H,2,18H2,1H3,(H,31,33). The highest BCUT2D eigenvalue weighted by Gasteiger charge is 2.17. The fourth-order valence-corrected chi connectivity index (χ4v) is 4.48. The number of hydrogen-bond donors (Lipinski definition) is 1. The molecule has 1 amide bonds. The lowest BCUT2D eigenvalue weighted by Crippen LogP contribution is -2.14. The lowest BCUT2D eigenvalue weighted by Gasteiger charge is -2.13. The number of nitrogens with one attached hydrogen (secondary N) is 1. The van der Waals surface area contributed by atoms with Crippen LogP contribution in [0, 0.1) is 11.3 Å². The molecule has 0 atom stereocenters. The Hall–Kier alpha value is -3.79. The van der Waals surface area contributed by atoms with Crippen molar-refractivity contribution in [1.82, 2.24) is 4.98 Å². The lowest BCUT2D eigenvalue weighted by molar-refractivity contribution is -0.113. The Balaban J connectivity index is 1.68. The molecule has 0 aliphatic rings. The first-order valence-corrected chi connectivity index (χ1v) is 12.4. The van der Waals surface area contributed by atoms with Gasteiger partial charge in [0.1, 0.15) is 16.8 Å². The number of carbonyl (C=O) groups is 1. The molecule has 4 rings (SSSR count). The van der Waals surface area contributed by atoms with E-state index in [1.165, 1.54) is 11.8 Å². The molecule has 35 heavy (non-hydrogen) atoms. The minimum Gasteiger partial charge on any atom is -0.494 e. The number of amides is 1. The Bertz CT molecular complexity index is 1370. The molecule has 1 heterocycles. The van der Waals surface area contributed by atoms with E-state index < -0.39 is 0 Å². The van der Waals surface area contributed by atoms with Crippen molar-refractivity contribution in [2.24, 2.45) is 0 Å². The molecule has 0 saturated carbocycles. The minimum atomic E-state index is -0.235. The summed E-state index contributed by atoms with van der Waals surface area (Å²) in [6.07, 6.45) is 0. The van der Waals surface area contributed by atoms with E-state index in [2.05, 4.69) is 11.4 Å². The zero-order valence-corrected chi connectivity index (χ0v) is 20.6. The number of anilines is 1. The van der Waals surface area contributed by atoms with Gasteiger partial charge in [0, 0.05) is 11.1 Å². The highest BCUT2D eigenvalue weighted by atomic mass is 35.5. The predicted octanol–water partition coefficient (Wildman–Crippen LogP) is 7.07. The zero-order valence-electron chi connectivity index (χ0n) is 19.0. The van der Waals surface area contributed by atoms with Crippen molar-refractivity contribution in [3.8, 4) is 34.2 Å². The third-order valence-corrected chi connectivity index (χ3v) is 6.44. The van der Waals surface area contributed by atoms with E-state index >= 15 is 0 Å². The normalized spacial score (nSPS) is 10.4. The molecule has 4 aromatic rings. The molecule has 5 nitrogen and oxygen atoms in total. The van der Waals surface area contributed by atoms with Gasteiger partial charge in [-0.3, -0.25) is 4.79 Å². The van der Waals surface area contributed by atoms with E-state index in [4.69, 9.17) is 21.3 Å². The Labute approximate surface area is 213 Å². The summed E-state index contributed by atoms with van der Waals surface area (Å²) < 4.78 is 5.55. The van der Waals surface area contributed by atoms with Crippen LogP contribution in [-0.2, 0) is 4.79 Å². The number of pyridine rings is 1. The second kappa shape index (κ2) is 11.6. The van der Waals surface area contributed by atoms with Gasteiger partial charge in [0.2, 0.25) is 5.91 Å². The number of hydrogen-bond acceptors (Lipinski definition) is 5. The van der Waals surface area contributed by atoms with Crippen molar-refractivity contribution in [2.75, 3.05) is 17.7 Å². The predicted molar refractivity (Wildman–Crippen MR) is 142 cm³/mol. The van der Waals surface area contributed by atoms with Crippen molar-refractivity contribution in [2.45, 2.75) is 11.9 Å². The lowest BCUT2D eigenvalue weighted by atomic mass is 9.99. The molecule has 0 fully saturated rings.